The van der Waals surface area contributed by atoms with Crippen molar-refractivity contribution in [2.45, 2.75) is 39.5 Å². The van der Waals surface area contributed by atoms with Gasteiger partial charge in [0.05, 0.1) is 12.3 Å². The van der Waals surface area contributed by atoms with Gasteiger partial charge in [0, 0.05) is 17.5 Å². The second-order valence-electron chi connectivity index (χ2n) is 5.04. The smallest absolute Gasteiger partial charge is 0.336 e. The molecule has 4 heteroatoms. The highest BCUT2D eigenvalue weighted by Crippen LogP contribution is 2.29. The summed E-state index contributed by atoms with van der Waals surface area (Å²) < 4.78 is 10.9. The Bertz CT molecular complexity index is 646. The Morgan fingerprint density at radius 3 is 2.75 bits per heavy atom. The largest absolute Gasteiger partial charge is 0.491 e. The molecule has 1 aromatic heterocycles. The highest BCUT2D eigenvalue weighted by atomic mass is 16.5. The molecular weight excluding hydrogens is 254 g/mol. The van der Waals surface area contributed by atoms with E-state index in [0.717, 1.165) is 23.8 Å². The van der Waals surface area contributed by atoms with Gasteiger partial charge >= 0.3 is 5.63 Å². The van der Waals surface area contributed by atoms with Crippen LogP contribution in [0.1, 0.15) is 38.2 Å². The Morgan fingerprint density at radius 2 is 2.00 bits per heavy atom. The Labute approximate surface area is 118 Å². The lowest BCUT2D eigenvalue weighted by Gasteiger charge is -2.10. The fraction of sp³-hybridized carbons (Fsp3) is 0.438. The van der Waals surface area contributed by atoms with E-state index < -0.39 is 0 Å². The first-order chi connectivity index (χ1) is 9.61. The molecule has 4 nitrogen and oxygen atoms in total. The molecule has 2 rings (SSSR count). The first-order valence-electron chi connectivity index (χ1n) is 7.08. The third-order valence-corrected chi connectivity index (χ3v) is 3.34. The van der Waals surface area contributed by atoms with E-state index in [4.69, 9.17) is 14.9 Å². The molecule has 20 heavy (non-hydrogen) atoms. The van der Waals surface area contributed by atoms with Gasteiger partial charge in [0.25, 0.3) is 0 Å². The van der Waals surface area contributed by atoms with Crippen LogP contribution in [0.5, 0.6) is 5.75 Å². The van der Waals surface area contributed by atoms with Gasteiger partial charge in [-0.2, -0.15) is 0 Å². The predicted octanol–water partition coefficient (Wildman–Crippen LogP) is 3.64. The summed E-state index contributed by atoms with van der Waals surface area (Å²) in [5, 5.41) is 0.848. The van der Waals surface area contributed by atoms with E-state index in [1.165, 1.54) is 18.9 Å². The lowest BCUT2D eigenvalue weighted by molar-refractivity contribution is 0.306. The minimum Gasteiger partial charge on any atom is -0.491 e. The SMILES string of the molecule is CCCCCCOc1cc2oc(=O)cc(C)c2cc1N. The van der Waals surface area contributed by atoms with Crippen LogP contribution >= 0.6 is 0 Å². The highest BCUT2D eigenvalue weighted by Gasteiger charge is 2.08. The summed E-state index contributed by atoms with van der Waals surface area (Å²) in [7, 11) is 0. The topological polar surface area (TPSA) is 65.5 Å². The first-order valence-corrected chi connectivity index (χ1v) is 7.08. The quantitative estimate of drug-likeness (QED) is 0.496. The number of hydrogen-bond donors (Lipinski definition) is 1. The van der Waals surface area contributed by atoms with Crippen molar-refractivity contribution in [3.05, 3.63) is 34.2 Å². The maximum Gasteiger partial charge on any atom is 0.336 e. The third-order valence-electron chi connectivity index (χ3n) is 3.34. The molecular formula is C16H21NO3. The van der Waals surface area contributed by atoms with Crippen LogP contribution in [0.3, 0.4) is 0 Å². The van der Waals surface area contributed by atoms with Crippen molar-refractivity contribution in [2.24, 2.45) is 0 Å². The molecule has 2 N–H and O–H groups in total. The molecule has 0 amide bonds. The number of nitrogen functional groups attached to an aromatic ring is 1. The fourth-order valence-electron chi connectivity index (χ4n) is 2.20. The summed E-state index contributed by atoms with van der Waals surface area (Å²) in [5.74, 6) is 0.586. The predicted molar refractivity (Wildman–Crippen MR) is 81.3 cm³/mol. The Kier molecular flexibility index (Phi) is 4.66. The van der Waals surface area contributed by atoms with Crippen LogP contribution in [-0.4, -0.2) is 6.61 Å². The molecule has 0 bridgehead atoms. The number of ether oxygens (including phenoxy) is 1. The molecule has 108 valence electrons. The zero-order chi connectivity index (χ0) is 14.5. The molecule has 0 fully saturated rings. The average Bonchev–Trinajstić information content (AvgIpc) is 2.40. The van der Waals surface area contributed by atoms with Crippen LogP contribution in [-0.2, 0) is 0 Å². The van der Waals surface area contributed by atoms with Crippen molar-refractivity contribution >= 4 is 16.7 Å². The van der Waals surface area contributed by atoms with Crippen LogP contribution < -0.4 is 16.1 Å². The summed E-state index contributed by atoms with van der Waals surface area (Å²) in [4.78, 5) is 11.4. The zero-order valence-electron chi connectivity index (χ0n) is 12.1. The van der Waals surface area contributed by atoms with Crippen molar-refractivity contribution in [1.82, 2.24) is 0 Å². The van der Waals surface area contributed by atoms with Crippen molar-refractivity contribution < 1.29 is 9.15 Å². The number of anilines is 1. The maximum atomic E-state index is 11.4. The van der Waals surface area contributed by atoms with E-state index in [0.29, 0.717) is 23.6 Å². The molecule has 0 aliphatic heterocycles. The second-order valence-corrected chi connectivity index (χ2v) is 5.04. The minimum atomic E-state index is -0.353. The molecule has 0 atom stereocenters. The van der Waals surface area contributed by atoms with Gasteiger partial charge in [-0.3, -0.25) is 0 Å². The van der Waals surface area contributed by atoms with Crippen LogP contribution in [0.15, 0.2) is 27.4 Å². The van der Waals surface area contributed by atoms with Crippen molar-refractivity contribution in [2.75, 3.05) is 12.3 Å². The third kappa shape index (κ3) is 3.32. The van der Waals surface area contributed by atoms with E-state index in [1.807, 2.05) is 6.92 Å². The van der Waals surface area contributed by atoms with E-state index in [9.17, 15) is 4.79 Å². The normalized spacial score (nSPS) is 10.9. The fourth-order valence-corrected chi connectivity index (χ4v) is 2.20. The molecule has 1 heterocycles. The van der Waals surface area contributed by atoms with Crippen molar-refractivity contribution in [1.29, 1.82) is 0 Å². The summed E-state index contributed by atoms with van der Waals surface area (Å²) in [6.45, 7) is 4.67. The number of aryl methyl sites for hydroxylation is 1. The second kappa shape index (κ2) is 6.46. The maximum absolute atomic E-state index is 11.4. The van der Waals surface area contributed by atoms with Gasteiger partial charge in [0.15, 0.2) is 0 Å². The Morgan fingerprint density at radius 1 is 1.20 bits per heavy atom. The average molecular weight is 275 g/mol. The van der Waals surface area contributed by atoms with Gasteiger partial charge in [-0.25, -0.2) is 4.79 Å². The zero-order valence-corrected chi connectivity index (χ0v) is 12.1. The van der Waals surface area contributed by atoms with Gasteiger partial charge in [0.1, 0.15) is 11.3 Å². The standard InChI is InChI=1S/C16H21NO3/c1-3-4-5-6-7-19-15-10-14-12(9-13(15)17)11(2)8-16(18)20-14/h8-10H,3-7,17H2,1-2H3. The molecule has 0 radical (unpaired) electrons. The Hall–Kier alpha value is -1.97. The van der Waals surface area contributed by atoms with E-state index in [2.05, 4.69) is 6.92 Å². The van der Waals surface area contributed by atoms with Crippen LogP contribution in [0.25, 0.3) is 11.0 Å². The number of rotatable bonds is 6. The van der Waals surface area contributed by atoms with Gasteiger partial charge in [0.2, 0.25) is 0 Å². The van der Waals surface area contributed by atoms with E-state index >= 15 is 0 Å². The minimum absolute atomic E-state index is 0.353. The van der Waals surface area contributed by atoms with E-state index in [-0.39, 0.29) is 5.63 Å². The van der Waals surface area contributed by atoms with Crippen LogP contribution in [0.2, 0.25) is 0 Å². The number of benzene rings is 1. The molecule has 0 spiro atoms. The number of nitrogens with two attached hydrogens (primary N) is 1. The molecule has 0 saturated heterocycles. The molecule has 0 saturated carbocycles. The summed E-state index contributed by atoms with van der Waals surface area (Å²) >= 11 is 0. The molecule has 2 aromatic rings. The number of unbranched alkanes of at least 4 members (excludes halogenated alkanes) is 3. The molecule has 0 unspecified atom stereocenters. The lowest BCUT2D eigenvalue weighted by Crippen LogP contribution is -2.02. The van der Waals surface area contributed by atoms with Crippen molar-refractivity contribution in [3.8, 4) is 5.75 Å². The Balaban J connectivity index is 2.17. The van der Waals surface area contributed by atoms with Gasteiger partial charge in [-0.1, -0.05) is 26.2 Å². The van der Waals surface area contributed by atoms with Crippen molar-refractivity contribution in [3.63, 3.8) is 0 Å². The van der Waals surface area contributed by atoms with Crippen LogP contribution in [0, 0.1) is 6.92 Å². The number of fused-ring (bicyclic) bond motifs is 1. The van der Waals surface area contributed by atoms with Crippen LogP contribution in [0.4, 0.5) is 5.69 Å². The monoisotopic (exact) mass is 275 g/mol. The van der Waals surface area contributed by atoms with Gasteiger partial charge in [-0.05, 0) is 25.0 Å². The van der Waals surface area contributed by atoms with Gasteiger partial charge < -0.3 is 14.9 Å². The first kappa shape index (κ1) is 14.4. The summed E-state index contributed by atoms with van der Waals surface area (Å²) in [5.41, 5.74) is 7.59. The van der Waals surface area contributed by atoms with Gasteiger partial charge in [-0.15, -0.1) is 0 Å². The summed E-state index contributed by atoms with van der Waals surface area (Å²) in [6, 6.07) is 4.97. The molecule has 0 aliphatic rings. The molecule has 1 aromatic carbocycles. The lowest BCUT2D eigenvalue weighted by atomic mass is 10.1. The highest BCUT2D eigenvalue weighted by molar-refractivity contribution is 5.86. The van der Waals surface area contributed by atoms with E-state index in [1.54, 1.807) is 12.1 Å². The summed E-state index contributed by atoms with van der Waals surface area (Å²) in [6.07, 6.45) is 4.56. The molecule has 0 aliphatic carbocycles. The number of hydrogen-bond acceptors (Lipinski definition) is 4.